The molecule has 0 N–H and O–H groups in total. The summed E-state index contributed by atoms with van der Waals surface area (Å²) in [5, 5.41) is 3.29. The molecule has 0 saturated heterocycles. The van der Waals surface area contributed by atoms with E-state index in [1.165, 1.54) is 0 Å². The first-order valence-electron chi connectivity index (χ1n) is 6.29. The van der Waals surface area contributed by atoms with Crippen LogP contribution in [-0.2, 0) is 9.26 Å². The molecule has 0 amide bonds. The second kappa shape index (κ2) is 4.77. The van der Waals surface area contributed by atoms with Crippen LogP contribution in [0.15, 0.2) is 5.16 Å². The van der Waals surface area contributed by atoms with Gasteiger partial charge in [-0.2, -0.15) is 13.2 Å². The highest BCUT2D eigenvalue weighted by atomic mass is 28.4. The van der Waals surface area contributed by atoms with Crippen LogP contribution in [0.5, 0.6) is 0 Å². The van der Waals surface area contributed by atoms with E-state index in [-0.39, 0.29) is 12.8 Å². The minimum absolute atomic E-state index is 0.166. The summed E-state index contributed by atoms with van der Waals surface area (Å²) in [5.74, 6) is -1.08. The Morgan fingerprint density at radius 3 is 2.00 bits per heavy atom. The lowest BCUT2D eigenvalue weighted by Gasteiger charge is -2.47. The molecule has 1 heterocycles. The monoisotopic (exact) mass is 297 g/mol. The lowest BCUT2D eigenvalue weighted by atomic mass is 9.82. The standard InChI is InChI=1S/C12H22F3NO2Si/c1-10(2,3)11(18-19(4,5)6)8-7-9(16-17-11)12(13,14)15/h7-8H2,1-6H3. The van der Waals surface area contributed by atoms with Crippen molar-refractivity contribution in [2.45, 2.75) is 65.2 Å². The Bertz CT molecular complexity index is 369. The molecule has 3 nitrogen and oxygen atoms in total. The van der Waals surface area contributed by atoms with Crippen LogP contribution < -0.4 is 0 Å². The van der Waals surface area contributed by atoms with Crippen molar-refractivity contribution in [1.82, 2.24) is 0 Å². The first kappa shape index (κ1) is 16.5. The lowest BCUT2D eigenvalue weighted by Crippen LogP contribution is -2.54. The Balaban J connectivity index is 3.03. The summed E-state index contributed by atoms with van der Waals surface area (Å²) in [7, 11) is -1.97. The van der Waals surface area contributed by atoms with Gasteiger partial charge in [-0.15, -0.1) is 0 Å². The first-order valence-corrected chi connectivity index (χ1v) is 9.70. The zero-order chi connectivity index (χ0) is 15.1. The minimum Gasteiger partial charge on any atom is -0.380 e. The molecule has 1 aliphatic rings. The van der Waals surface area contributed by atoms with Gasteiger partial charge in [-0.3, -0.25) is 0 Å². The Labute approximate surface area is 113 Å². The van der Waals surface area contributed by atoms with E-state index in [0.717, 1.165) is 0 Å². The molecule has 0 aromatic rings. The zero-order valence-corrected chi connectivity index (χ0v) is 13.3. The van der Waals surface area contributed by atoms with Gasteiger partial charge >= 0.3 is 6.18 Å². The normalized spacial score (nSPS) is 25.8. The Morgan fingerprint density at radius 1 is 1.21 bits per heavy atom. The molecule has 1 rings (SSSR count). The van der Waals surface area contributed by atoms with Gasteiger partial charge < -0.3 is 9.26 Å². The molecule has 0 aromatic carbocycles. The lowest BCUT2D eigenvalue weighted by molar-refractivity contribution is -0.259. The van der Waals surface area contributed by atoms with Gasteiger partial charge in [0.25, 0.3) is 0 Å². The molecule has 7 heteroatoms. The van der Waals surface area contributed by atoms with Crippen LogP contribution in [0.25, 0.3) is 0 Å². The average molecular weight is 297 g/mol. The Hall–Kier alpha value is -0.563. The van der Waals surface area contributed by atoms with Gasteiger partial charge in [-0.05, 0) is 19.6 Å². The summed E-state index contributed by atoms with van der Waals surface area (Å²) >= 11 is 0. The predicted molar refractivity (Wildman–Crippen MR) is 70.4 cm³/mol. The summed E-state index contributed by atoms with van der Waals surface area (Å²) in [6.45, 7) is 11.6. The van der Waals surface area contributed by atoms with Crippen LogP contribution in [0.3, 0.4) is 0 Å². The fourth-order valence-corrected chi connectivity index (χ4v) is 3.36. The smallest absolute Gasteiger partial charge is 0.380 e. The fourth-order valence-electron chi connectivity index (χ4n) is 1.93. The molecule has 0 aliphatic carbocycles. The van der Waals surface area contributed by atoms with Gasteiger partial charge in [0.15, 0.2) is 14.0 Å². The van der Waals surface area contributed by atoms with Crippen molar-refractivity contribution in [3.05, 3.63) is 0 Å². The van der Waals surface area contributed by atoms with E-state index in [4.69, 9.17) is 9.26 Å². The van der Waals surface area contributed by atoms with Gasteiger partial charge in [0.2, 0.25) is 5.79 Å². The van der Waals surface area contributed by atoms with E-state index in [2.05, 4.69) is 5.16 Å². The van der Waals surface area contributed by atoms with Crippen LogP contribution in [0.4, 0.5) is 13.2 Å². The summed E-state index contributed by atoms with van der Waals surface area (Å²) < 4.78 is 43.8. The van der Waals surface area contributed by atoms with Crippen LogP contribution >= 0.6 is 0 Å². The highest BCUT2D eigenvalue weighted by Crippen LogP contribution is 2.44. The Morgan fingerprint density at radius 2 is 1.74 bits per heavy atom. The highest BCUT2D eigenvalue weighted by molar-refractivity contribution is 6.69. The molecular formula is C12H22F3NO2Si. The second-order valence-corrected chi connectivity index (χ2v) is 11.3. The second-order valence-electron chi connectivity index (χ2n) is 6.84. The number of alkyl halides is 3. The van der Waals surface area contributed by atoms with Crippen LogP contribution in [0.1, 0.15) is 33.6 Å². The Kier molecular flexibility index (Phi) is 4.14. The number of nitrogens with zero attached hydrogens (tertiary/aromatic N) is 1. The highest BCUT2D eigenvalue weighted by Gasteiger charge is 2.52. The SMILES string of the molecule is CC(C)(C)C1(O[Si](C)(C)C)CCC(C(F)(F)F)=NO1. The molecule has 0 radical (unpaired) electrons. The first-order chi connectivity index (χ1) is 8.27. The van der Waals surface area contributed by atoms with E-state index in [9.17, 15) is 13.2 Å². The molecule has 0 fully saturated rings. The van der Waals surface area contributed by atoms with Crippen LogP contribution in [0, 0.1) is 5.41 Å². The number of oxime groups is 1. The van der Waals surface area contributed by atoms with E-state index in [0.29, 0.717) is 0 Å². The van der Waals surface area contributed by atoms with Gasteiger partial charge in [-0.1, -0.05) is 25.9 Å². The number of rotatable bonds is 2. The molecule has 112 valence electrons. The summed E-state index contributed by atoms with van der Waals surface area (Å²) in [6.07, 6.45) is -4.44. The van der Waals surface area contributed by atoms with Gasteiger partial charge in [0, 0.05) is 18.3 Å². The van der Waals surface area contributed by atoms with Crippen LogP contribution in [0.2, 0.25) is 19.6 Å². The van der Waals surface area contributed by atoms with E-state index in [1.54, 1.807) is 0 Å². The van der Waals surface area contributed by atoms with Crippen molar-refractivity contribution in [2.75, 3.05) is 0 Å². The van der Waals surface area contributed by atoms with Gasteiger partial charge in [-0.25, -0.2) is 0 Å². The maximum Gasteiger partial charge on any atom is 0.432 e. The van der Waals surface area contributed by atoms with Crippen molar-refractivity contribution in [2.24, 2.45) is 10.6 Å². The van der Waals surface area contributed by atoms with E-state index >= 15 is 0 Å². The fraction of sp³-hybridized carbons (Fsp3) is 0.917. The number of hydrogen-bond donors (Lipinski definition) is 0. The molecular weight excluding hydrogens is 275 g/mol. The largest absolute Gasteiger partial charge is 0.432 e. The van der Waals surface area contributed by atoms with Gasteiger partial charge in [0.05, 0.1) is 0 Å². The molecule has 0 bridgehead atoms. The number of hydrogen-bond acceptors (Lipinski definition) is 3. The third-order valence-corrected chi connectivity index (χ3v) is 3.88. The predicted octanol–water partition coefficient (Wildman–Crippen LogP) is 4.31. The van der Waals surface area contributed by atoms with E-state index < -0.39 is 31.4 Å². The van der Waals surface area contributed by atoms with Crippen molar-refractivity contribution < 1.29 is 22.4 Å². The molecule has 0 saturated carbocycles. The van der Waals surface area contributed by atoms with Gasteiger partial charge in [0.1, 0.15) is 0 Å². The van der Waals surface area contributed by atoms with E-state index in [1.807, 2.05) is 40.4 Å². The summed E-state index contributed by atoms with van der Waals surface area (Å²) in [5.41, 5.74) is -1.32. The third kappa shape index (κ3) is 3.95. The van der Waals surface area contributed by atoms with Crippen LogP contribution in [-0.4, -0.2) is 26.0 Å². The maximum absolute atomic E-state index is 12.6. The van der Waals surface area contributed by atoms with Crippen molar-refractivity contribution >= 4 is 14.0 Å². The average Bonchev–Trinajstić information content (AvgIpc) is 2.12. The van der Waals surface area contributed by atoms with Crippen molar-refractivity contribution in [3.8, 4) is 0 Å². The quantitative estimate of drug-likeness (QED) is 0.711. The molecule has 1 aliphatic heterocycles. The van der Waals surface area contributed by atoms with Crippen molar-refractivity contribution in [3.63, 3.8) is 0 Å². The minimum atomic E-state index is -4.43. The zero-order valence-electron chi connectivity index (χ0n) is 12.3. The molecule has 19 heavy (non-hydrogen) atoms. The maximum atomic E-state index is 12.6. The molecule has 0 spiro atoms. The molecule has 1 unspecified atom stereocenters. The topological polar surface area (TPSA) is 30.8 Å². The molecule has 1 atom stereocenters. The summed E-state index contributed by atoms with van der Waals surface area (Å²) in [4.78, 5) is 5.23. The van der Waals surface area contributed by atoms with Crippen molar-refractivity contribution in [1.29, 1.82) is 0 Å². The summed E-state index contributed by atoms with van der Waals surface area (Å²) in [6, 6.07) is 0. The third-order valence-electron chi connectivity index (χ3n) is 2.94. The molecule has 0 aromatic heterocycles. The number of halogens is 3.